The molecule has 26 heavy (non-hydrogen) atoms. The van der Waals surface area contributed by atoms with Gasteiger partial charge in [-0.05, 0) is 30.2 Å². The summed E-state index contributed by atoms with van der Waals surface area (Å²) in [6.07, 6.45) is 0.869. The van der Waals surface area contributed by atoms with Gasteiger partial charge in [0.15, 0.2) is 11.5 Å². The lowest BCUT2D eigenvalue weighted by atomic mass is 10.2. The lowest BCUT2D eigenvalue weighted by Crippen LogP contribution is -2.48. The Hall–Kier alpha value is -2.96. The van der Waals surface area contributed by atoms with Gasteiger partial charge in [-0.25, -0.2) is 0 Å². The molecule has 1 aromatic carbocycles. The van der Waals surface area contributed by atoms with Crippen molar-refractivity contribution in [2.75, 3.05) is 42.5 Å². The number of hydrogen-bond acceptors (Lipinski definition) is 5. The fourth-order valence-electron chi connectivity index (χ4n) is 3.55. The monoisotopic (exact) mass is 351 g/mol. The van der Waals surface area contributed by atoms with E-state index < -0.39 is 0 Å². The van der Waals surface area contributed by atoms with E-state index >= 15 is 0 Å². The first-order valence-corrected chi connectivity index (χ1v) is 8.87. The van der Waals surface area contributed by atoms with Gasteiger partial charge < -0.3 is 14.7 Å². The van der Waals surface area contributed by atoms with Crippen molar-refractivity contribution in [1.29, 1.82) is 0 Å². The van der Waals surface area contributed by atoms with E-state index in [1.165, 1.54) is 5.56 Å². The fraction of sp³-hybridized carbons (Fsp3) is 0.368. The van der Waals surface area contributed by atoms with Gasteiger partial charge in [0, 0.05) is 45.3 Å². The quantitative estimate of drug-likeness (QED) is 0.817. The Balaban J connectivity index is 1.45. The van der Waals surface area contributed by atoms with Crippen LogP contribution in [0.15, 0.2) is 36.4 Å². The Morgan fingerprint density at radius 3 is 2.38 bits per heavy atom. The molecule has 0 aliphatic carbocycles. The number of carbonyl (C=O) groups excluding carboxylic acids is 2. The third-order valence-corrected chi connectivity index (χ3v) is 5.05. The molecule has 1 aromatic heterocycles. The van der Waals surface area contributed by atoms with Gasteiger partial charge in [0.05, 0.1) is 0 Å². The van der Waals surface area contributed by atoms with E-state index in [0.29, 0.717) is 25.3 Å². The molecule has 0 saturated carbocycles. The van der Waals surface area contributed by atoms with Gasteiger partial charge in [0.1, 0.15) is 0 Å². The molecule has 0 spiro atoms. The highest BCUT2D eigenvalue weighted by molar-refractivity contribution is 6.06. The molecule has 1 fully saturated rings. The number of amides is 2. The van der Waals surface area contributed by atoms with Crippen molar-refractivity contribution in [3.63, 3.8) is 0 Å². The summed E-state index contributed by atoms with van der Waals surface area (Å²) in [5.74, 6) is 0.726. The smallest absolute Gasteiger partial charge is 0.278 e. The average Bonchev–Trinajstić information content (AvgIpc) is 3.12. The first-order valence-electron chi connectivity index (χ1n) is 8.87. The van der Waals surface area contributed by atoms with Gasteiger partial charge in [-0.2, -0.15) is 0 Å². The Morgan fingerprint density at radius 2 is 1.69 bits per heavy atom. The standard InChI is InChI=1S/C19H21N5O2/c1-14(25)22-10-12-23(13-11-22)18-7-6-16(20-21-18)19(26)24-9-8-15-4-2-3-5-17(15)24/h2-7H,8-13H2,1H3. The molecule has 0 unspecified atom stereocenters. The van der Waals surface area contributed by atoms with Gasteiger partial charge >= 0.3 is 0 Å². The summed E-state index contributed by atoms with van der Waals surface area (Å²) in [5, 5.41) is 8.41. The molecule has 2 aliphatic rings. The molecule has 0 atom stereocenters. The van der Waals surface area contributed by atoms with Crippen LogP contribution in [0.5, 0.6) is 0 Å². The summed E-state index contributed by atoms with van der Waals surface area (Å²) >= 11 is 0. The summed E-state index contributed by atoms with van der Waals surface area (Å²) in [4.78, 5) is 29.9. The predicted molar refractivity (Wildman–Crippen MR) is 98.3 cm³/mol. The molecule has 3 heterocycles. The number of aromatic nitrogens is 2. The lowest BCUT2D eigenvalue weighted by Gasteiger charge is -2.34. The summed E-state index contributed by atoms with van der Waals surface area (Å²) < 4.78 is 0. The van der Waals surface area contributed by atoms with Gasteiger partial charge in [0.25, 0.3) is 5.91 Å². The van der Waals surface area contributed by atoms with Crippen LogP contribution in [0.2, 0.25) is 0 Å². The van der Waals surface area contributed by atoms with E-state index in [-0.39, 0.29) is 11.8 Å². The van der Waals surface area contributed by atoms with Crippen LogP contribution in [-0.2, 0) is 11.2 Å². The maximum atomic E-state index is 12.8. The first kappa shape index (κ1) is 16.5. The van der Waals surface area contributed by atoms with Crippen LogP contribution < -0.4 is 9.80 Å². The van der Waals surface area contributed by atoms with Crippen LogP contribution >= 0.6 is 0 Å². The van der Waals surface area contributed by atoms with Gasteiger partial charge in [-0.3, -0.25) is 9.59 Å². The Kier molecular flexibility index (Phi) is 4.28. The van der Waals surface area contributed by atoms with Crippen molar-refractivity contribution >= 4 is 23.3 Å². The number of benzene rings is 1. The van der Waals surface area contributed by atoms with Crippen LogP contribution in [0, 0.1) is 0 Å². The topological polar surface area (TPSA) is 69.6 Å². The maximum absolute atomic E-state index is 12.8. The Bertz CT molecular complexity index is 828. The minimum absolute atomic E-state index is 0.0996. The molecule has 2 aliphatic heterocycles. The second kappa shape index (κ2) is 6.74. The summed E-state index contributed by atoms with van der Waals surface area (Å²) in [5.41, 5.74) is 2.50. The first-order chi connectivity index (χ1) is 12.6. The van der Waals surface area contributed by atoms with Crippen molar-refractivity contribution in [3.8, 4) is 0 Å². The van der Waals surface area contributed by atoms with Crippen LogP contribution in [0.3, 0.4) is 0 Å². The van der Waals surface area contributed by atoms with Crippen molar-refractivity contribution < 1.29 is 9.59 Å². The largest absolute Gasteiger partial charge is 0.352 e. The number of piperazine rings is 1. The zero-order valence-corrected chi connectivity index (χ0v) is 14.8. The number of fused-ring (bicyclic) bond motifs is 1. The molecule has 0 bridgehead atoms. The molecular formula is C19H21N5O2. The van der Waals surface area contributed by atoms with E-state index in [1.807, 2.05) is 29.2 Å². The highest BCUT2D eigenvalue weighted by atomic mass is 16.2. The molecule has 134 valence electrons. The van der Waals surface area contributed by atoms with E-state index in [2.05, 4.69) is 21.2 Å². The zero-order valence-electron chi connectivity index (χ0n) is 14.8. The molecule has 1 saturated heterocycles. The van der Waals surface area contributed by atoms with Gasteiger partial charge in [-0.1, -0.05) is 18.2 Å². The SMILES string of the molecule is CC(=O)N1CCN(c2ccc(C(=O)N3CCc4ccccc43)nn2)CC1. The summed E-state index contributed by atoms with van der Waals surface area (Å²) in [6.45, 7) is 5.08. The third-order valence-electron chi connectivity index (χ3n) is 5.05. The van der Waals surface area contributed by atoms with Crippen LogP contribution in [0.25, 0.3) is 0 Å². The predicted octanol–water partition coefficient (Wildman–Crippen LogP) is 1.35. The molecule has 0 radical (unpaired) electrons. The maximum Gasteiger partial charge on any atom is 0.278 e. The molecule has 7 nitrogen and oxygen atoms in total. The second-order valence-corrected chi connectivity index (χ2v) is 6.61. The van der Waals surface area contributed by atoms with Crippen molar-refractivity contribution in [3.05, 3.63) is 47.7 Å². The van der Waals surface area contributed by atoms with E-state index in [0.717, 1.165) is 31.0 Å². The van der Waals surface area contributed by atoms with Gasteiger partial charge in [0.2, 0.25) is 5.91 Å². The molecule has 2 amide bonds. The number of para-hydroxylation sites is 1. The highest BCUT2D eigenvalue weighted by Gasteiger charge is 2.26. The minimum atomic E-state index is -0.115. The van der Waals surface area contributed by atoms with Crippen molar-refractivity contribution in [2.45, 2.75) is 13.3 Å². The number of anilines is 2. The average molecular weight is 351 g/mol. The molecule has 2 aromatic rings. The van der Waals surface area contributed by atoms with Crippen molar-refractivity contribution in [2.24, 2.45) is 0 Å². The normalized spacial score (nSPS) is 16.6. The molecule has 7 heteroatoms. The number of carbonyl (C=O) groups is 2. The summed E-state index contributed by atoms with van der Waals surface area (Å²) in [7, 11) is 0. The third kappa shape index (κ3) is 3.00. The number of hydrogen-bond donors (Lipinski definition) is 0. The van der Waals surface area contributed by atoms with Crippen LogP contribution in [-0.4, -0.2) is 59.6 Å². The minimum Gasteiger partial charge on any atom is -0.352 e. The Labute approximate surface area is 152 Å². The van der Waals surface area contributed by atoms with Crippen molar-refractivity contribution in [1.82, 2.24) is 15.1 Å². The van der Waals surface area contributed by atoms with Crippen LogP contribution in [0.4, 0.5) is 11.5 Å². The fourth-order valence-corrected chi connectivity index (χ4v) is 3.55. The molecular weight excluding hydrogens is 330 g/mol. The summed E-state index contributed by atoms with van der Waals surface area (Å²) in [6, 6.07) is 11.5. The van der Waals surface area contributed by atoms with E-state index in [9.17, 15) is 9.59 Å². The highest BCUT2D eigenvalue weighted by Crippen LogP contribution is 2.28. The van der Waals surface area contributed by atoms with Gasteiger partial charge in [-0.15, -0.1) is 10.2 Å². The zero-order chi connectivity index (χ0) is 18.1. The molecule has 4 rings (SSSR count). The van der Waals surface area contributed by atoms with E-state index in [4.69, 9.17) is 0 Å². The number of nitrogens with zero attached hydrogens (tertiary/aromatic N) is 5. The van der Waals surface area contributed by atoms with E-state index in [1.54, 1.807) is 17.9 Å². The number of rotatable bonds is 2. The second-order valence-electron chi connectivity index (χ2n) is 6.61. The lowest BCUT2D eigenvalue weighted by molar-refractivity contribution is -0.129. The molecule has 0 N–H and O–H groups in total. The van der Waals surface area contributed by atoms with Crippen LogP contribution in [0.1, 0.15) is 23.0 Å². The Morgan fingerprint density at radius 1 is 0.923 bits per heavy atom.